The van der Waals surface area contributed by atoms with Crippen LogP contribution in [0, 0.1) is 6.92 Å². The molecule has 0 radical (unpaired) electrons. The zero-order chi connectivity index (χ0) is 18.5. The molecule has 1 aromatic carbocycles. The fourth-order valence-electron chi connectivity index (χ4n) is 2.70. The van der Waals surface area contributed by atoms with Gasteiger partial charge in [0, 0.05) is 38.4 Å². The molecule has 0 aliphatic rings. The molecule has 0 fully saturated rings. The molecule has 3 rings (SSSR count). The maximum Gasteiger partial charge on any atom is 0.298 e. The molecule has 26 heavy (non-hydrogen) atoms. The molecule has 0 aliphatic carbocycles. The number of amides is 1. The number of para-hydroxylation sites is 2. The van der Waals surface area contributed by atoms with Gasteiger partial charge in [-0.3, -0.25) is 9.78 Å². The average Bonchev–Trinajstić information content (AvgIpc) is 3.08. The number of aryl methyl sites for hydroxylation is 2. The second kappa shape index (κ2) is 7.99. The monoisotopic (exact) mass is 352 g/mol. The molecule has 1 amide bonds. The Bertz CT molecular complexity index is 857. The fraction of sp³-hybridized carbons (Fsp3) is 0.350. The van der Waals surface area contributed by atoms with Gasteiger partial charge in [0.1, 0.15) is 5.52 Å². The fourth-order valence-corrected chi connectivity index (χ4v) is 2.70. The lowest BCUT2D eigenvalue weighted by Crippen LogP contribution is -2.40. The second-order valence-electron chi connectivity index (χ2n) is 6.60. The van der Waals surface area contributed by atoms with Crippen molar-refractivity contribution in [2.24, 2.45) is 0 Å². The van der Waals surface area contributed by atoms with E-state index in [1.165, 1.54) is 0 Å². The van der Waals surface area contributed by atoms with E-state index in [-0.39, 0.29) is 11.9 Å². The summed E-state index contributed by atoms with van der Waals surface area (Å²) in [6.45, 7) is 4.56. The Kier molecular flexibility index (Phi) is 5.51. The van der Waals surface area contributed by atoms with Crippen LogP contribution in [0.5, 0.6) is 0 Å². The normalized spacial score (nSPS) is 12.1. The summed E-state index contributed by atoms with van der Waals surface area (Å²) in [5, 5.41) is 2.98. The molecular formula is C20H24N4O2. The number of fused-ring (bicyclic) bond motifs is 1. The minimum absolute atomic E-state index is 0.0318. The van der Waals surface area contributed by atoms with Crippen molar-refractivity contribution in [3.63, 3.8) is 0 Å². The highest BCUT2D eigenvalue weighted by molar-refractivity contribution is 5.76. The molecule has 0 saturated carbocycles. The molecule has 3 aromatic rings. The first kappa shape index (κ1) is 17.9. The predicted molar refractivity (Wildman–Crippen MR) is 102 cm³/mol. The molecule has 0 bridgehead atoms. The summed E-state index contributed by atoms with van der Waals surface area (Å²) in [5.41, 5.74) is 3.78. The van der Waals surface area contributed by atoms with Crippen LogP contribution < -0.4 is 10.2 Å². The number of benzene rings is 1. The van der Waals surface area contributed by atoms with Gasteiger partial charge in [0.2, 0.25) is 5.91 Å². The number of pyridine rings is 1. The smallest absolute Gasteiger partial charge is 0.298 e. The van der Waals surface area contributed by atoms with Gasteiger partial charge in [-0.25, -0.2) is 0 Å². The third kappa shape index (κ3) is 4.39. The number of nitrogens with one attached hydrogen (secondary N) is 1. The van der Waals surface area contributed by atoms with Crippen LogP contribution in [-0.2, 0) is 11.2 Å². The van der Waals surface area contributed by atoms with Gasteiger partial charge in [-0.15, -0.1) is 0 Å². The number of carbonyl (C=O) groups is 1. The van der Waals surface area contributed by atoms with E-state index in [0.29, 0.717) is 25.4 Å². The predicted octanol–water partition coefficient (Wildman–Crippen LogP) is 3.10. The summed E-state index contributed by atoms with van der Waals surface area (Å²) in [7, 11) is 1.92. The molecule has 1 unspecified atom stereocenters. The SMILES string of the molecule is Cc1cncc(CCC(=O)NCC(C)N(C)c2nc3ccccc3o2)c1. The van der Waals surface area contributed by atoms with E-state index in [0.717, 1.165) is 22.2 Å². The molecule has 0 spiro atoms. The van der Waals surface area contributed by atoms with E-state index < -0.39 is 0 Å². The molecule has 0 saturated heterocycles. The number of anilines is 1. The Balaban J connectivity index is 1.49. The van der Waals surface area contributed by atoms with E-state index in [9.17, 15) is 4.79 Å². The van der Waals surface area contributed by atoms with Crippen molar-refractivity contribution >= 4 is 23.0 Å². The van der Waals surface area contributed by atoms with E-state index in [4.69, 9.17) is 4.42 Å². The van der Waals surface area contributed by atoms with Crippen LogP contribution in [-0.4, -0.2) is 35.5 Å². The summed E-state index contributed by atoms with van der Waals surface area (Å²) in [5.74, 6) is 0.0318. The number of oxazole rings is 1. The summed E-state index contributed by atoms with van der Waals surface area (Å²) in [6, 6.07) is 10.3. The van der Waals surface area contributed by atoms with Gasteiger partial charge < -0.3 is 14.6 Å². The highest BCUT2D eigenvalue weighted by Gasteiger charge is 2.16. The number of hydrogen-bond donors (Lipinski definition) is 1. The van der Waals surface area contributed by atoms with Crippen LogP contribution in [0.2, 0.25) is 0 Å². The van der Waals surface area contributed by atoms with Crippen molar-refractivity contribution in [2.75, 3.05) is 18.5 Å². The summed E-state index contributed by atoms with van der Waals surface area (Å²) in [6.07, 6.45) is 4.76. The Labute approximate surface area is 153 Å². The third-order valence-corrected chi connectivity index (χ3v) is 4.41. The highest BCUT2D eigenvalue weighted by Crippen LogP contribution is 2.21. The lowest BCUT2D eigenvalue weighted by Gasteiger charge is -2.23. The van der Waals surface area contributed by atoms with Gasteiger partial charge in [-0.2, -0.15) is 4.98 Å². The van der Waals surface area contributed by atoms with Crippen LogP contribution in [0.15, 0.2) is 47.1 Å². The van der Waals surface area contributed by atoms with E-state index >= 15 is 0 Å². The number of rotatable bonds is 7. The van der Waals surface area contributed by atoms with Crippen molar-refractivity contribution in [1.82, 2.24) is 15.3 Å². The van der Waals surface area contributed by atoms with Crippen LogP contribution in [0.25, 0.3) is 11.1 Å². The average molecular weight is 352 g/mol. The standard InChI is InChI=1S/C20H24N4O2/c1-14-10-16(13-21-11-14)8-9-19(25)22-12-15(2)24(3)20-23-17-6-4-5-7-18(17)26-20/h4-7,10-11,13,15H,8-9,12H2,1-3H3,(H,22,25). The van der Waals surface area contributed by atoms with E-state index in [1.54, 1.807) is 0 Å². The first-order valence-electron chi connectivity index (χ1n) is 8.78. The Morgan fingerprint density at radius 3 is 2.88 bits per heavy atom. The van der Waals surface area contributed by atoms with Gasteiger partial charge >= 0.3 is 0 Å². The van der Waals surface area contributed by atoms with Crippen molar-refractivity contribution in [2.45, 2.75) is 32.7 Å². The number of likely N-dealkylation sites (N-methyl/N-ethyl adjacent to an activating group) is 1. The molecule has 1 N–H and O–H groups in total. The Hall–Kier alpha value is -2.89. The highest BCUT2D eigenvalue weighted by atomic mass is 16.4. The van der Waals surface area contributed by atoms with Crippen molar-refractivity contribution in [3.8, 4) is 0 Å². The van der Waals surface area contributed by atoms with Crippen molar-refractivity contribution in [1.29, 1.82) is 0 Å². The Morgan fingerprint density at radius 1 is 1.31 bits per heavy atom. The molecule has 2 heterocycles. The van der Waals surface area contributed by atoms with Gasteiger partial charge in [-0.05, 0) is 43.5 Å². The maximum absolute atomic E-state index is 12.1. The zero-order valence-electron chi connectivity index (χ0n) is 15.4. The number of carbonyl (C=O) groups excluding carboxylic acids is 1. The number of nitrogens with zero attached hydrogens (tertiary/aromatic N) is 3. The molecule has 2 aromatic heterocycles. The minimum atomic E-state index is 0.0318. The second-order valence-corrected chi connectivity index (χ2v) is 6.60. The first-order chi connectivity index (χ1) is 12.5. The molecule has 6 nitrogen and oxygen atoms in total. The van der Waals surface area contributed by atoms with Crippen molar-refractivity contribution in [3.05, 3.63) is 53.9 Å². The van der Waals surface area contributed by atoms with Crippen LogP contribution in [0.3, 0.4) is 0 Å². The number of aromatic nitrogens is 2. The zero-order valence-corrected chi connectivity index (χ0v) is 15.4. The van der Waals surface area contributed by atoms with Crippen LogP contribution in [0.4, 0.5) is 6.01 Å². The van der Waals surface area contributed by atoms with Gasteiger partial charge in [0.15, 0.2) is 5.58 Å². The lowest BCUT2D eigenvalue weighted by atomic mass is 10.1. The molecule has 136 valence electrons. The van der Waals surface area contributed by atoms with Gasteiger partial charge in [-0.1, -0.05) is 18.2 Å². The Morgan fingerprint density at radius 2 is 2.12 bits per heavy atom. The van der Waals surface area contributed by atoms with E-state index in [2.05, 4.69) is 21.4 Å². The molecule has 6 heteroatoms. The molecule has 0 aliphatic heterocycles. The first-order valence-corrected chi connectivity index (χ1v) is 8.78. The summed E-state index contributed by atoms with van der Waals surface area (Å²) < 4.78 is 5.77. The maximum atomic E-state index is 12.1. The van der Waals surface area contributed by atoms with E-state index in [1.807, 2.05) is 62.5 Å². The topological polar surface area (TPSA) is 71.3 Å². The van der Waals surface area contributed by atoms with Gasteiger partial charge in [0.05, 0.1) is 0 Å². The summed E-state index contributed by atoms with van der Waals surface area (Å²) >= 11 is 0. The van der Waals surface area contributed by atoms with Crippen LogP contribution in [0.1, 0.15) is 24.5 Å². The molecular weight excluding hydrogens is 328 g/mol. The lowest BCUT2D eigenvalue weighted by molar-refractivity contribution is -0.121. The third-order valence-electron chi connectivity index (χ3n) is 4.41. The quantitative estimate of drug-likeness (QED) is 0.707. The number of hydrogen-bond acceptors (Lipinski definition) is 5. The van der Waals surface area contributed by atoms with Crippen LogP contribution >= 0.6 is 0 Å². The van der Waals surface area contributed by atoms with Gasteiger partial charge in [0.25, 0.3) is 6.01 Å². The summed E-state index contributed by atoms with van der Waals surface area (Å²) in [4.78, 5) is 22.7. The van der Waals surface area contributed by atoms with Crippen molar-refractivity contribution < 1.29 is 9.21 Å². The largest absolute Gasteiger partial charge is 0.423 e. The minimum Gasteiger partial charge on any atom is -0.423 e. The molecule has 1 atom stereocenters.